The van der Waals surface area contributed by atoms with Crippen LogP contribution in [-0.4, -0.2) is 9.78 Å². The molecule has 0 spiro atoms. The van der Waals surface area contributed by atoms with Gasteiger partial charge in [-0.15, -0.1) is 0 Å². The Morgan fingerprint density at radius 3 is 2.60 bits per heavy atom. The van der Waals surface area contributed by atoms with Crippen molar-refractivity contribution in [3.63, 3.8) is 0 Å². The van der Waals surface area contributed by atoms with Crippen molar-refractivity contribution in [2.75, 3.05) is 5.73 Å². The number of hydrogen-bond acceptors (Lipinski definition) is 4. The van der Waals surface area contributed by atoms with Crippen LogP contribution in [0.4, 0.5) is 5.69 Å². The van der Waals surface area contributed by atoms with E-state index in [-0.39, 0.29) is 12.1 Å². The average molecular weight is 403 g/mol. The van der Waals surface area contributed by atoms with Gasteiger partial charge in [0.2, 0.25) is 0 Å². The number of anilines is 1. The lowest BCUT2D eigenvalue weighted by Crippen LogP contribution is -2.32. The van der Waals surface area contributed by atoms with Crippen LogP contribution in [0.15, 0.2) is 33.3 Å². The van der Waals surface area contributed by atoms with Crippen LogP contribution in [0.1, 0.15) is 37.2 Å². The molecule has 0 bridgehead atoms. The fourth-order valence-corrected chi connectivity index (χ4v) is 3.02. The molecule has 1 aromatic heterocycles. The molecule has 5 nitrogen and oxygen atoms in total. The van der Waals surface area contributed by atoms with Gasteiger partial charge in [-0.1, -0.05) is 15.9 Å². The van der Waals surface area contributed by atoms with Crippen LogP contribution in [0, 0.1) is 0 Å². The number of aromatic nitrogens is 2. The van der Waals surface area contributed by atoms with E-state index < -0.39 is 0 Å². The predicted molar refractivity (Wildman–Crippen MR) is 88.0 cm³/mol. The van der Waals surface area contributed by atoms with Crippen LogP contribution < -0.4 is 17.0 Å². The molecule has 2 rings (SSSR count). The zero-order valence-corrected chi connectivity index (χ0v) is 14.4. The van der Waals surface area contributed by atoms with Crippen molar-refractivity contribution in [1.82, 2.24) is 15.2 Å². The van der Waals surface area contributed by atoms with E-state index in [4.69, 9.17) is 11.6 Å². The molecule has 0 amide bonds. The summed E-state index contributed by atoms with van der Waals surface area (Å²) in [6, 6.07) is 5.70. The first-order valence-electron chi connectivity index (χ1n) is 6.19. The zero-order valence-electron chi connectivity index (χ0n) is 11.3. The van der Waals surface area contributed by atoms with E-state index in [1.165, 1.54) is 0 Å². The summed E-state index contributed by atoms with van der Waals surface area (Å²) in [5, 5.41) is 4.38. The number of nitrogens with two attached hydrogens (primary N) is 2. The quantitative estimate of drug-likeness (QED) is 0.416. The van der Waals surface area contributed by atoms with E-state index in [9.17, 15) is 0 Å². The van der Waals surface area contributed by atoms with E-state index in [0.29, 0.717) is 5.69 Å². The summed E-state index contributed by atoms with van der Waals surface area (Å²) < 4.78 is 3.77. The molecule has 1 aromatic carbocycles. The molecule has 0 saturated carbocycles. The Hall–Kier alpha value is -0.890. The van der Waals surface area contributed by atoms with Crippen molar-refractivity contribution in [1.29, 1.82) is 0 Å². The van der Waals surface area contributed by atoms with Gasteiger partial charge in [-0.05, 0) is 48.0 Å². The summed E-state index contributed by atoms with van der Waals surface area (Å²) in [5.74, 6) is 5.77. The smallest absolute Gasteiger partial charge is 0.0910 e. The number of nitrogens with zero attached hydrogens (tertiary/aromatic N) is 2. The van der Waals surface area contributed by atoms with E-state index in [0.717, 1.165) is 20.2 Å². The predicted octanol–water partition coefficient (Wildman–Crippen LogP) is 3.12. The van der Waals surface area contributed by atoms with E-state index >= 15 is 0 Å². The van der Waals surface area contributed by atoms with Crippen LogP contribution in [-0.2, 0) is 0 Å². The summed E-state index contributed by atoms with van der Waals surface area (Å²) in [7, 11) is 0. The molecule has 5 N–H and O–H groups in total. The number of halogens is 2. The normalized spacial score (nSPS) is 12.9. The molecule has 7 heteroatoms. The number of nitrogen functional groups attached to an aromatic ring is 1. The molecule has 0 radical (unpaired) electrons. The Morgan fingerprint density at radius 2 is 2.00 bits per heavy atom. The van der Waals surface area contributed by atoms with Crippen molar-refractivity contribution < 1.29 is 0 Å². The SMILES string of the molecule is CC(C)n1ncc(Br)c1C(NN)c1cc(Br)ccc1N. The van der Waals surface area contributed by atoms with Gasteiger partial charge >= 0.3 is 0 Å². The first-order valence-corrected chi connectivity index (χ1v) is 7.78. The molecule has 0 aliphatic heterocycles. The molecule has 0 saturated heterocycles. The van der Waals surface area contributed by atoms with Crippen LogP contribution in [0.2, 0.25) is 0 Å². The molecule has 1 atom stereocenters. The number of benzene rings is 1. The van der Waals surface area contributed by atoms with Crippen molar-refractivity contribution in [3.05, 3.63) is 44.6 Å². The van der Waals surface area contributed by atoms with Gasteiger partial charge in [-0.25, -0.2) is 5.43 Å². The summed E-state index contributed by atoms with van der Waals surface area (Å²) >= 11 is 7.00. The van der Waals surface area contributed by atoms with Gasteiger partial charge in [0.05, 0.1) is 22.4 Å². The molecule has 20 heavy (non-hydrogen) atoms. The Labute approximate surface area is 134 Å². The first-order chi connectivity index (χ1) is 9.45. The van der Waals surface area contributed by atoms with E-state index in [2.05, 4.69) is 56.2 Å². The molecule has 0 fully saturated rings. The number of hydrogen-bond donors (Lipinski definition) is 3. The van der Waals surface area contributed by atoms with Crippen LogP contribution >= 0.6 is 31.9 Å². The summed E-state index contributed by atoms with van der Waals surface area (Å²) in [6.07, 6.45) is 1.77. The number of nitrogens with one attached hydrogen (secondary N) is 1. The first kappa shape index (κ1) is 15.5. The van der Waals surface area contributed by atoms with Gasteiger partial charge in [0, 0.05) is 21.8 Å². The van der Waals surface area contributed by atoms with Crippen molar-refractivity contribution in [2.45, 2.75) is 25.9 Å². The van der Waals surface area contributed by atoms with Gasteiger partial charge in [0.25, 0.3) is 0 Å². The van der Waals surface area contributed by atoms with E-state index in [1.54, 1.807) is 6.20 Å². The molecule has 0 aliphatic carbocycles. The molecular formula is C13H17Br2N5. The van der Waals surface area contributed by atoms with Gasteiger partial charge < -0.3 is 5.73 Å². The minimum absolute atomic E-state index is 0.223. The lowest BCUT2D eigenvalue weighted by Gasteiger charge is -2.22. The highest BCUT2D eigenvalue weighted by Crippen LogP contribution is 2.33. The van der Waals surface area contributed by atoms with Crippen LogP contribution in [0.5, 0.6) is 0 Å². The van der Waals surface area contributed by atoms with Gasteiger partial charge in [-0.2, -0.15) is 5.10 Å². The van der Waals surface area contributed by atoms with Crippen molar-refractivity contribution in [2.24, 2.45) is 5.84 Å². The number of rotatable bonds is 4. The minimum atomic E-state index is -0.244. The summed E-state index contributed by atoms with van der Waals surface area (Å²) in [4.78, 5) is 0. The maximum atomic E-state index is 6.09. The fraction of sp³-hybridized carbons (Fsp3) is 0.308. The average Bonchev–Trinajstić information content (AvgIpc) is 2.77. The van der Waals surface area contributed by atoms with Crippen LogP contribution in [0.3, 0.4) is 0 Å². The highest BCUT2D eigenvalue weighted by Gasteiger charge is 2.24. The Balaban J connectivity index is 2.58. The van der Waals surface area contributed by atoms with E-state index in [1.807, 2.05) is 22.9 Å². The van der Waals surface area contributed by atoms with Gasteiger partial charge in [-0.3, -0.25) is 10.5 Å². The molecule has 0 aliphatic rings. The molecule has 1 unspecified atom stereocenters. The highest BCUT2D eigenvalue weighted by atomic mass is 79.9. The van der Waals surface area contributed by atoms with Crippen molar-refractivity contribution in [3.8, 4) is 0 Å². The topological polar surface area (TPSA) is 81.9 Å². The third-order valence-corrected chi connectivity index (χ3v) is 4.18. The minimum Gasteiger partial charge on any atom is -0.398 e. The number of hydrazine groups is 1. The fourth-order valence-electron chi connectivity index (χ4n) is 2.14. The third-order valence-electron chi connectivity index (χ3n) is 3.08. The third kappa shape index (κ3) is 2.90. The monoisotopic (exact) mass is 401 g/mol. The van der Waals surface area contributed by atoms with Gasteiger partial charge in [0.1, 0.15) is 0 Å². The molecule has 1 heterocycles. The zero-order chi connectivity index (χ0) is 14.9. The Bertz CT molecular complexity index is 609. The Kier molecular flexibility index (Phi) is 4.85. The molecule has 108 valence electrons. The Morgan fingerprint density at radius 1 is 1.30 bits per heavy atom. The lowest BCUT2D eigenvalue weighted by atomic mass is 10.0. The second-order valence-corrected chi connectivity index (χ2v) is 6.56. The lowest BCUT2D eigenvalue weighted by molar-refractivity contribution is 0.475. The van der Waals surface area contributed by atoms with Crippen molar-refractivity contribution >= 4 is 37.5 Å². The summed E-state index contributed by atoms with van der Waals surface area (Å²) in [5.41, 5.74) is 11.5. The maximum absolute atomic E-state index is 6.09. The second-order valence-electron chi connectivity index (χ2n) is 4.79. The summed E-state index contributed by atoms with van der Waals surface area (Å²) in [6.45, 7) is 4.14. The highest BCUT2D eigenvalue weighted by molar-refractivity contribution is 9.10. The molecule has 2 aromatic rings. The maximum Gasteiger partial charge on any atom is 0.0910 e. The van der Waals surface area contributed by atoms with Crippen LogP contribution in [0.25, 0.3) is 0 Å². The van der Waals surface area contributed by atoms with Gasteiger partial charge in [0.15, 0.2) is 0 Å². The standard InChI is InChI=1S/C13H17Br2N5/c1-7(2)20-13(10(15)6-18-20)12(19-17)9-5-8(14)3-4-11(9)16/h3-7,12,19H,16-17H2,1-2H3. The molecular weight excluding hydrogens is 386 g/mol. The second kappa shape index (κ2) is 6.26. The largest absolute Gasteiger partial charge is 0.398 e.